The summed E-state index contributed by atoms with van der Waals surface area (Å²) in [5.74, 6) is -7.66. The van der Waals surface area contributed by atoms with E-state index in [9.17, 15) is 21.6 Å². The van der Waals surface area contributed by atoms with Crippen molar-refractivity contribution in [1.29, 1.82) is 0 Å². The summed E-state index contributed by atoms with van der Waals surface area (Å²) < 4.78 is 128. The van der Waals surface area contributed by atoms with E-state index in [1.807, 2.05) is 24.3 Å². The lowest BCUT2D eigenvalue weighted by molar-refractivity contribution is -0.404. The minimum absolute atomic E-state index is 0.00560. The van der Waals surface area contributed by atoms with Crippen molar-refractivity contribution in [3.63, 3.8) is 0 Å². The molecule has 0 amide bonds. The van der Waals surface area contributed by atoms with Gasteiger partial charge in [0, 0.05) is 63.1 Å². The molecule has 0 aromatic heterocycles. The number of fused-ring (bicyclic) bond motifs is 2. The molecule has 2 aliphatic rings. The Hall–Kier alpha value is -5.81. The topological polar surface area (TPSA) is 139 Å². The van der Waals surface area contributed by atoms with Crippen molar-refractivity contribution in [2.24, 2.45) is 0 Å². The molecule has 0 fully saturated rings. The number of halogens is 4. The molecule has 1 aliphatic heterocycles. The Balaban J connectivity index is 1.38. The van der Waals surface area contributed by atoms with Crippen molar-refractivity contribution in [2.75, 3.05) is 11.1 Å². The highest BCUT2D eigenvalue weighted by Crippen LogP contribution is 2.45. The molecule has 1 heterocycles. The summed E-state index contributed by atoms with van der Waals surface area (Å²) in [5.41, 5.74) is 7.93. The third kappa shape index (κ3) is 11.4. The molecule has 0 saturated carbocycles. The van der Waals surface area contributed by atoms with E-state index in [0.717, 1.165) is 39.7 Å². The Kier molecular flexibility index (Phi) is 16.6. The second-order valence-corrected chi connectivity index (χ2v) is 23.6. The first-order valence-electron chi connectivity index (χ1n) is 24.0. The second kappa shape index (κ2) is 22.1. The predicted octanol–water partition coefficient (Wildman–Crippen LogP) is 14.0. The van der Waals surface area contributed by atoms with Gasteiger partial charge in [-0.3, -0.25) is 0 Å². The van der Waals surface area contributed by atoms with Gasteiger partial charge in [-0.2, -0.15) is 0 Å². The van der Waals surface area contributed by atoms with Crippen LogP contribution in [0.4, 0.5) is 34.6 Å². The van der Waals surface area contributed by atoms with Crippen LogP contribution in [-0.4, -0.2) is 28.4 Å². The van der Waals surface area contributed by atoms with Crippen LogP contribution in [0.5, 0.6) is 0 Å². The fourth-order valence-electron chi connectivity index (χ4n) is 8.89. The van der Waals surface area contributed by atoms with E-state index < -0.39 is 58.0 Å². The van der Waals surface area contributed by atoms with Crippen LogP contribution in [-0.2, 0) is 24.8 Å². The molecule has 9 nitrogen and oxygen atoms in total. The summed E-state index contributed by atoms with van der Waals surface area (Å²) in [6.45, 7) is 18.3. The molecular weight excluding hydrogens is 983 g/mol. The number of rotatable bonds is 19. The highest BCUT2D eigenvalue weighted by molar-refractivity contribution is 8.12. The molecule has 380 valence electrons. The van der Waals surface area contributed by atoms with Crippen LogP contribution < -0.4 is 15.7 Å². The van der Waals surface area contributed by atoms with Crippen LogP contribution in [0.1, 0.15) is 134 Å². The van der Waals surface area contributed by atoms with Gasteiger partial charge in [0.25, 0.3) is 0 Å². The zero-order valence-corrected chi connectivity index (χ0v) is 44.2. The van der Waals surface area contributed by atoms with Gasteiger partial charge in [-0.05, 0) is 84.6 Å². The first-order valence-corrected chi connectivity index (χ1v) is 27.8. The normalized spacial score (nSPS) is 12.7. The molecule has 0 bridgehead atoms. The first kappa shape index (κ1) is 54.0. The lowest BCUT2D eigenvalue weighted by atomic mass is 9.92. The van der Waals surface area contributed by atoms with Gasteiger partial charge in [0.05, 0.1) is 15.9 Å². The van der Waals surface area contributed by atoms with Gasteiger partial charge < -0.3 is 18.7 Å². The third-order valence-corrected chi connectivity index (χ3v) is 17.0. The smallest absolute Gasteiger partial charge is 0.210 e. The number of thioether (sulfide) groups is 1. The summed E-state index contributed by atoms with van der Waals surface area (Å²) >= 11 is 0.426. The molecule has 16 heteroatoms. The Morgan fingerprint density at radius 3 is 1.82 bits per heavy atom. The van der Waals surface area contributed by atoms with Crippen molar-refractivity contribution in [3.8, 4) is 22.5 Å². The van der Waals surface area contributed by atoms with Crippen molar-refractivity contribution in [2.45, 2.75) is 126 Å². The van der Waals surface area contributed by atoms with E-state index in [0.29, 0.717) is 76.3 Å². The zero-order chi connectivity index (χ0) is 52.4. The fourth-order valence-corrected chi connectivity index (χ4v) is 12.9. The Labute approximate surface area is 424 Å². The number of Topliss-reactive ketones (excluding diaryl/α,β-unsaturated/α-hetero) is 1. The number of nitrogens with one attached hydrogen (secondary N) is 2. The molecule has 0 unspecified atom stereocenters. The number of para-hydroxylation sites is 2. The number of unbranched alkanes of at least 4 members (excludes halogenated alkanes) is 2. The maximum Gasteiger partial charge on any atom is 0.210 e. The molecule has 0 spiro atoms. The van der Waals surface area contributed by atoms with Gasteiger partial charge in [-0.15, -0.1) is 11.8 Å². The van der Waals surface area contributed by atoms with Crippen molar-refractivity contribution in [3.05, 3.63) is 152 Å². The molecule has 7 rings (SSSR count). The fraction of sp³-hybridized carbons (Fsp3) is 0.321. The van der Waals surface area contributed by atoms with Crippen LogP contribution >= 0.6 is 11.8 Å². The Morgan fingerprint density at radius 2 is 1.24 bits per heavy atom. The van der Waals surface area contributed by atoms with Crippen molar-refractivity contribution >= 4 is 65.6 Å². The minimum Gasteiger partial charge on any atom is -0.456 e. The summed E-state index contributed by atoms with van der Waals surface area (Å²) in [4.78, 5) is 10.9. The van der Waals surface area contributed by atoms with E-state index in [1.165, 1.54) is 25.1 Å². The Bertz CT molecular complexity index is 3380. The predicted molar refractivity (Wildman–Crippen MR) is 278 cm³/mol. The molecule has 0 atom stereocenters. The van der Waals surface area contributed by atoms with Crippen LogP contribution in [0, 0.1) is 23.3 Å². The number of anilines is 2. The number of nitrogens with zero attached hydrogens (tertiary/aromatic N) is 1. The Morgan fingerprint density at radius 1 is 0.653 bits per heavy atom. The number of hydrogen-bond acceptors (Lipinski definition) is 8. The van der Waals surface area contributed by atoms with Gasteiger partial charge in [-0.25, -0.2) is 39.4 Å². The lowest BCUT2D eigenvalue weighted by Crippen LogP contribution is -2.71. The van der Waals surface area contributed by atoms with Crippen molar-refractivity contribution < 1.29 is 48.6 Å². The number of sulfonamides is 2. The number of ketones is 1. The monoisotopic (exact) mass is 1040 g/mol. The molecular formula is C56H59F4N3O6S3. The minimum atomic E-state index is -5.99. The lowest BCUT2D eigenvalue weighted by Gasteiger charge is -2.25. The molecule has 2 N–H and O–H groups in total. The number of benzene rings is 6. The molecule has 0 radical (unpaired) electrons. The van der Waals surface area contributed by atoms with Gasteiger partial charge in [-0.1, -0.05) is 116 Å². The standard InChI is InChI=1S/C56H58F4N3O6S3/c1-31(2)38-19-15-20-39(32(3)4)53(38)61-36-24-26-42-45(29-36)69-46-30-37(62-54-40(33(5)6)21-16-22-41(54)34(7)8)25-27-43(46)48(42)44-18-12-13-23-47(44)71(65,66)63-72(67,68)56-51(59)49(57)55(50(58)52(56)60)70-28-14-10-11-17-35(9)64/h12-13,15-16,18-27,29-34H,10-11,14,17,28H2,1-9H3,(H,61,62)/q-1/p+1. The van der Waals surface area contributed by atoms with Crippen molar-refractivity contribution in [1.82, 2.24) is 0 Å². The summed E-state index contributed by atoms with van der Waals surface area (Å²) in [6, 6.07) is 28.5. The molecule has 1 aliphatic carbocycles. The van der Waals surface area contributed by atoms with E-state index in [2.05, 4.69) is 94.1 Å². The maximum absolute atomic E-state index is 15.7. The van der Waals surface area contributed by atoms with Gasteiger partial charge in [0.15, 0.2) is 23.3 Å². The van der Waals surface area contributed by atoms with E-state index in [1.54, 1.807) is 24.3 Å². The van der Waals surface area contributed by atoms with Gasteiger partial charge in [0.1, 0.15) is 42.1 Å². The SMILES string of the molecule is CC(=O)CCCCCSc1c(F)c(F)c(S(=O)(=O)[N-]S(=O)(=O)c2ccccc2-c2c3ccc(=[NH+]c4c(C(C)C)cccc4C(C)C)cc-3oc3cc(Nc4c(C(C)C)cccc4C(C)C)ccc23)c(F)c1F. The van der Waals surface area contributed by atoms with Crippen LogP contribution in [0.2, 0.25) is 0 Å². The van der Waals surface area contributed by atoms with Crippen LogP contribution in [0.3, 0.4) is 0 Å². The highest BCUT2D eigenvalue weighted by atomic mass is 32.3. The second-order valence-electron chi connectivity index (χ2n) is 19.2. The van der Waals surface area contributed by atoms with E-state index >= 15 is 17.6 Å². The number of carbonyl (C=O) groups is 1. The van der Waals surface area contributed by atoms with Crippen LogP contribution in [0.15, 0.2) is 116 Å². The highest BCUT2D eigenvalue weighted by Gasteiger charge is 2.32. The average Bonchev–Trinajstić information content (AvgIpc) is 3.31. The molecule has 72 heavy (non-hydrogen) atoms. The summed E-state index contributed by atoms with van der Waals surface area (Å²) in [5, 5.41) is 4.70. The molecule has 5 aromatic carbocycles. The van der Waals surface area contributed by atoms with Crippen LogP contribution in [0.25, 0.3) is 37.5 Å². The largest absolute Gasteiger partial charge is 0.456 e. The number of hydrogen-bond donors (Lipinski definition) is 2. The quantitative estimate of drug-likeness (QED) is 0.0268. The van der Waals surface area contributed by atoms with Gasteiger partial charge in [0.2, 0.25) is 11.0 Å². The van der Waals surface area contributed by atoms with Gasteiger partial charge >= 0.3 is 0 Å². The number of carbonyl (C=O) groups excluding carboxylic acids is 1. The van der Waals surface area contributed by atoms with E-state index in [-0.39, 0.29) is 40.8 Å². The maximum atomic E-state index is 15.7. The van der Waals surface area contributed by atoms with E-state index in [4.69, 9.17) is 4.42 Å². The first-order chi connectivity index (χ1) is 34.0. The average molecular weight is 1040 g/mol. The molecule has 5 aromatic rings. The summed E-state index contributed by atoms with van der Waals surface area (Å²) in [7, 11) is -11.4. The molecule has 0 saturated heterocycles. The third-order valence-electron chi connectivity index (χ3n) is 12.5. The summed E-state index contributed by atoms with van der Waals surface area (Å²) in [6.07, 6.45) is 1.63. The zero-order valence-electron chi connectivity index (χ0n) is 41.7.